The van der Waals surface area contributed by atoms with Crippen LogP contribution in [0.1, 0.15) is 36.6 Å². The maximum Gasteiger partial charge on any atom is 0.183 e. The van der Waals surface area contributed by atoms with E-state index in [4.69, 9.17) is 10.7 Å². The topological polar surface area (TPSA) is 111 Å². The lowest BCUT2D eigenvalue weighted by atomic mass is 9.95. The molecule has 0 radical (unpaired) electrons. The van der Waals surface area contributed by atoms with Gasteiger partial charge in [0, 0.05) is 47.3 Å². The average molecular weight is 394 g/mol. The molecule has 5 N–H and O–H groups in total. The molecule has 150 valence electrons. The first-order valence-electron chi connectivity index (χ1n) is 9.69. The Kier molecular flexibility index (Phi) is 4.13. The summed E-state index contributed by atoms with van der Waals surface area (Å²) in [5.41, 5.74) is 10.8. The molecule has 8 nitrogen and oxygen atoms in total. The zero-order valence-electron chi connectivity index (χ0n) is 16.2. The van der Waals surface area contributed by atoms with Crippen LogP contribution in [0.15, 0.2) is 47.2 Å². The molecule has 0 amide bonds. The van der Waals surface area contributed by atoms with Gasteiger partial charge in [0.15, 0.2) is 12.1 Å². The van der Waals surface area contributed by atoms with Crippen LogP contribution in [-0.2, 0) is 0 Å². The van der Waals surface area contributed by atoms with Crippen molar-refractivity contribution in [2.75, 3.05) is 11.9 Å². The second-order valence-electron chi connectivity index (χ2n) is 7.58. The fourth-order valence-corrected chi connectivity index (χ4v) is 3.77. The molecule has 0 spiro atoms. The number of rotatable bonds is 5. The number of amidine groups is 1. The molecule has 1 saturated carbocycles. The van der Waals surface area contributed by atoms with Gasteiger partial charge in [-0.2, -0.15) is 5.10 Å². The van der Waals surface area contributed by atoms with Gasteiger partial charge in [0.2, 0.25) is 0 Å². The third-order valence-electron chi connectivity index (χ3n) is 5.65. The molecular weight excluding hydrogens is 371 g/mol. The van der Waals surface area contributed by atoms with Crippen LogP contribution in [-0.4, -0.2) is 45.5 Å². The van der Waals surface area contributed by atoms with Gasteiger partial charge in [-0.3, -0.25) is 20.3 Å². The van der Waals surface area contributed by atoms with Crippen LogP contribution in [0.2, 0.25) is 0 Å². The molecular formula is C20H23FN8. The van der Waals surface area contributed by atoms with Crippen molar-refractivity contribution in [1.82, 2.24) is 25.5 Å². The number of aromatic amines is 2. The van der Waals surface area contributed by atoms with E-state index < -0.39 is 6.17 Å². The lowest BCUT2D eigenvalue weighted by Gasteiger charge is -2.32. The predicted octanol–water partition coefficient (Wildman–Crippen LogP) is 2.48. The maximum atomic E-state index is 13.4. The van der Waals surface area contributed by atoms with E-state index in [1.165, 1.54) is 0 Å². The quantitative estimate of drug-likeness (QED) is 0.531. The monoisotopic (exact) mass is 394 g/mol. The number of alkyl halides is 1. The minimum absolute atomic E-state index is 0.0598. The van der Waals surface area contributed by atoms with Crippen molar-refractivity contribution in [1.29, 1.82) is 0 Å². The van der Waals surface area contributed by atoms with Crippen LogP contribution in [0.3, 0.4) is 0 Å². The molecule has 1 aliphatic carbocycles. The third kappa shape index (κ3) is 3.07. The van der Waals surface area contributed by atoms with Crippen molar-refractivity contribution in [3.63, 3.8) is 0 Å². The lowest BCUT2D eigenvalue weighted by Crippen LogP contribution is -2.45. The van der Waals surface area contributed by atoms with Crippen LogP contribution < -0.4 is 16.0 Å². The number of pyridine rings is 1. The number of nitrogens with zero attached hydrogens (tertiary/aromatic N) is 4. The average Bonchev–Trinajstić information content (AvgIpc) is 3.14. The Morgan fingerprint density at radius 3 is 2.93 bits per heavy atom. The van der Waals surface area contributed by atoms with Gasteiger partial charge in [-0.05, 0) is 31.7 Å². The molecule has 1 aliphatic heterocycles. The molecule has 1 unspecified atom stereocenters. The number of H-pyrrole nitrogens is 2. The first-order valence-corrected chi connectivity index (χ1v) is 9.69. The molecule has 9 heteroatoms. The van der Waals surface area contributed by atoms with Crippen LogP contribution >= 0.6 is 0 Å². The number of halogens is 1. The second kappa shape index (κ2) is 6.70. The smallest absolute Gasteiger partial charge is 0.183 e. The summed E-state index contributed by atoms with van der Waals surface area (Å²) in [6.45, 7) is 2.06. The second-order valence-corrected chi connectivity index (χ2v) is 7.58. The van der Waals surface area contributed by atoms with Crippen molar-refractivity contribution >= 4 is 22.7 Å². The zero-order chi connectivity index (χ0) is 20.1. The first-order chi connectivity index (χ1) is 14.0. The van der Waals surface area contributed by atoms with E-state index in [1.807, 2.05) is 48.6 Å². The molecule has 0 saturated heterocycles. The van der Waals surface area contributed by atoms with Crippen molar-refractivity contribution in [2.45, 2.75) is 37.6 Å². The van der Waals surface area contributed by atoms with Gasteiger partial charge in [0.05, 0.1) is 11.0 Å². The van der Waals surface area contributed by atoms with Crippen LogP contribution in [0.4, 0.5) is 10.2 Å². The van der Waals surface area contributed by atoms with Crippen LogP contribution in [0.5, 0.6) is 0 Å². The van der Waals surface area contributed by atoms with Gasteiger partial charge in [-0.1, -0.05) is 6.92 Å². The fourth-order valence-electron chi connectivity index (χ4n) is 3.77. The first kappa shape index (κ1) is 17.9. The summed E-state index contributed by atoms with van der Waals surface area (Å²) in [5.74, 6) is 0.997. The van der Waals surface area contributed by atoms with E-state index in [0.717, 1.165) is 28.0 Å². The molecule has 5 rings (SSSR count). The number of nitrogens with one attached hydrogen (secondary N) is 3. The fraction of sp³-hybridized carbons (Fsp3) is 0.350. The van der Waals surface area contributed by atoms with Crippen LogP contribution in [0, 0.1) is 0 Å². The molecule has 29 heavy (non-hydrogen) atoms. The summed E-state index contributed by atoms with van der Waals surface area (Å²) in [4.78, 5) is 14.4. The van der Waals surface area contributed by atoms with E-state index in [1.54, 1.807) is 0 Å². The SMILES string of the molecule is CNC1N=C(N)C([C@H](C)c2ccc3[nH]ccc3n2)=CN1c1cc([C@@H]2C[C@H]2F)[nH]n1. The molecule has 0 aromatic carbocycles. The highest BCUT2D eigenvalue weighted by molar-refractivity contribution is 5.99. The van der Waals surface area contributed by atoms with E-state index >= 15 is 0 Å². The number of hydrogen-bond donors (Lipinski definition) is 4. The normalized spacial score (nSPS) is 25.1. The summed E-state index contributed by atoms with van der Waals surface area (Å²) in [6.07, 6.45) is 3.21. The van der Waals surface area contributed by atoms with Gasteiger partial charge in [0.25, 0.3) is 0 Å². The van der Waals surface area contributed by atoms with Gasteiger partial charge >= 0.3 is 0 Å². The predicted molar refractivity (Wildman–Crippen MR) is 110 cm³/mol. The summed E-state index contributed by atoms with van der Waals surface area (Å²) >= 11 is 0. The highest BCUT2D eigenvalue weighted by Crippen LogP contribution is 2.43. The van der Waals surface area contributed by atoms with Gasteiger partial charge in [-0.15, -0.1) is 0 Å². The highest BCUT2D eigenvalue weighted by Gasteiger charge is 2.40. The molecule has 4 heterocycles. The molecule has 3 aromatic heterocycles. The van der Waals surface area contributed by atoms with E-state index in [-0.39, 0.29) is 18.1 Å². The van der Waals surface area contributed by atoms with Gasteiger partial charge < -0.3 is 10.7 Å². The number of aliphatic imine (C=N–C) groups is 1. The molecule has 2 aliphatic rings. The Morgan fingerprint density at radius 2 is 2.17 bits per heavy atom. The third-order valence-corrected chi connectivity index (χ3v) is 5.65. The minimum Gasteiger partial charge on any atom is -0.384 e. The summed E-state index contributed by atoms with van der Waals surface area (Å²) in [5, 5.41) is 10.5. The molecule has 4 atom stereocenters. The number of nitrogens with two attached hydrogens (primary N) is 1. The Balaban J connectivity index is 1.48. The minimum atomic E-state index is -0.779. The molecule has 1 fully saturated rings. The summed E-state index contributed by atoms with van der Waals surface area (Å²) in [6, 6.07) is 7.84. The number of anilines is 1. The van der Waals surface area contributed by atoms with Gasteiger partial charge in [-0.25, -0.2) is 9.38 Å². The van der Waals surface area contributed by atoms with Crippen molar-refractivity contribution in [2.24, 2.45) is 10.7 Å². The van der Waals surface area contributed by atoms with Crippen molar-refractivity contribution in [3.05, 3.63) is 53.6 Å². The summed E-state index contributed by atoms with van der Waals surface area (Å²) in [7, 11) is 1.81. The molecule has 0 bridgehead atoms. The standard InChI is InChI=1S/C20H23FN8/c1-10(14-3-4-15-16(25-14)5-6-24-15)12-9-29(20(23-2)26-19(12)22)18-8-17(27-28-18)11-7-13(11)21/h3-6,8-11,13,20,23-24H,7H2,1-2H3,(H2,22,26)(H,27,28)/t10-,11+,13+,20?/m0/s1. The van der Waals surface area contributed by atoms with E-state index in [9.17, 15) is 4.39 Å². The highest BCUT2D eigenvalue weighted by atomic mass is 19.1. The number of hydrogen-bond acceptors (Lipinski definition) is 6. The Bertz CT molecular complexity index is 1110. The number of fused-ring (bicyclic) bond motifs is 1. The van der Waals surface area contributed by atoms with Gasteiger partial charge in [0.1, 0.15) is 12.0 Å². The maximum absolute atomic E-state index is 13.4. The molecule has 3 aromatic rings. The Hall–Kier alpha value is -3.20. The zero-order valence-corrected chi connectivity index (χ0v) is 16.2. The van der Waals surface area contributed by atoms with Crippen LogP contribution in [0.25, 0.3) is 11.0 Å². The Labute approximate surface area is 167 Å². The van der Waals surface area contributed by atoms with Crippen molar-refractivity contribution in [3.8, 4) is 0 Å². The summed E-state index contributed by atoms with van der Waals surface area (Å²) < 4.78 is 13.4. The van der Waals surface area contributed by atoms with E-state index in [2.05, 4.69) is 32.4 Å². The number of aromatic nitrogens is 4. The lowest BCUT2D eigenvalue weighted by molar-refractivity contribution is 0.466. The largest absolute Gasteiger partial charge is 0.384 e. The Morgan fingerprint density at radius 1 is 1.34 bits per heavy atom. The van der Waals surface area contributed by atoms with Crippen molar-refractivity contribution < 1.29 is 4.39 Å². The van der Waals surface area contributed by atoms with E-state index in [0.29, 0.717) is 18.1 Å².